The molecule has 84 valence electrons. The quantitative estimate of drug-likeness (QED) is 0.775. The summed E-state index contributed by atoms with van der Waals surface area (Å²) < 4.78 is 5.37. The third-order valence-electron chi connectivity index (χ3n) is 2.66. The van der Waals surface area contributed by atoms with Gasteiger partial charge in [0.05, 0.1) is 6.04 Å². The topological polar surface area (TPSA) is 53.4 Å². The van der Waals surface area contributed by atoms with Crippen molar-refractivity contribution in [1.82, 2.24) is 4.90 Å². The van der Waals surface area contributed by atoms with E-state index in [4.69, 9.17) is 10.1 Å². The molecule has 1 N–H and O–H groups in total. The Morgan fingerprint density at radius 2 is 2.40 bits per heavy atom. The summed E-state index contributed by atoms with van der Waals surface area (Å²) in [5.74, 6) is 2.17. The fourth-order valence-corrected chi connectivity index (χ4v) is 3.24. The van der Waals surface area contributed by atoms with Crippen LogP contribution in [0.25, 0.3) is 0 Å². The monoisotopic (exact) mass is 228 g/mol. The summed E-state index contributed by atoms with van der Waals surface area (Å²) in [6, 6.07) is 0.157. The lowest BCUT2D eigenvalue weighted by atomic mass is 10.1. The molecule has 0 saturated carbocycles. The normalized spacial score (nSPS) is 29.5. The number of fused-ring (bicyclic) bond motifs is 1. The van der Waals surface area contributed by atoms with Gasteiger partial charge in [0.2, 0.25) is 5.91 Å². The van der Waals surface area contributed by atoms with Gasteiger partial charge in [-0.05, 0) is 5.92 Å². The lowest BCUT2D eigenvalue weighted by Crippen LogP contribution is -2.41. The number of carbonyl (C=O) groups excluding carboxylic acids is 1. The van der Waals surface area contributed by atoms with Crippen molar-refractivity contribution in [1.29, 1.82) is 5.41 Å². The van der Waals surface area contributed by atoms with Crippen molar-refractivity contribution >= 4 is 23.7 Å². The van der Waals surface area contributed by atoms with Gasteiger partial charge in [-0.25, -0.2) is 0 Å². The van der Waals surface area contributed by atoms with Gasteiger partial charge in [0.15, 0.2) is 0 Å². The van der Waals surface area contributed by atoms with Crippen molar-refractivity contribution in [3.63, 3.8) is 0 Å². The van der Waals surface area contributed by atoms with E-state index in [9.17, 15) is 4.79 Å². The second-order valence-electron chi connectivity index (χ2n) is 4.43. The first kappa shape index (κ1) is 10.8. The number of nitrogens with one attached hydrogen (secondary N) is 1. The molecule has 2 heterocycles. The van der Waals surface area contributed by atoms with E-state index in [1.807, 2.05) is 13.8 Å². The van der Waals surface area contributed by atoms with Crippen LogP contribution in [0.15, 0.2) is 0 Å². The second-order valence-corrected chi connectivity index (χ2v) is 5.50. The summed E-state index contributed by atoms with van der Waals surface area (Å²) in [7, 11) is 0. The molecule has 0 aromatic carbocycles. The van der Waals surface area contributed by atoms with Crippen LogP contribution < -0.4 is 0 Å². The Morgan fingerprint density at radius 3 is 3.07 bits per heavy atom. The Labute approximate surface area is 93.9 Å². The molecule has 2 atom stereocenters. The first-order valence-electron chi connectivity index (χ1n) is 5.24. The van der Waals surface area contributed by atoms with Crippen LogP contribution in [0.4, 0.5) is 0 Å². The summed E-state index contributed by atoms with van der Waals surface area (Å²) in [6.07, 6.45) is 0.554. The van der Waals surface area contributed by atoms with Crippen molar-refractivity contribution < 1.29 is 9.53 Å². The molecule has 0 spiro atoms. The highest BCUT2D eigenvalue weighted by Gasteiger charge is 2.45. The average Bonchev–Trinajstić information content (AvgIpc) is 2.60. The van der Waals surface area contributed by atoms with Crippen LogP contribution in [-0.4, -0.2) is 40.5 Å². The van der Waals surface area contributed by atoms with E-state index < -0.39 is 0 Å². The predicted molar refractivity (Wildman–Crippen MR) is 60.0 cm³/mol. The largest absolute Gasteiger partial charge is 0.459 e. The van der Waals surface area contributed by atoms with E-state index >= 15 is 0 Å². The first-order chi connectivity index (χ1) is 7.09. The van der Waals surface area contributed by atoms with Crippen LogP contribution in [0.5, 0.6) is 0 Å². The maximum absolute atomic E-state index is 11.9. The van der Waals surface area contributed by atoms with Crippen molar-refractivity contribution in [2.45, 2.75) is 32.4 Å². The van der Waals surface area contributed by atoms with Crippen LogP contribution >= 0.6 is 11.8 Å². The van der Waals surface area contributed by atoms with Crippen molar-refractivity contribution in [2.75, 3.05) is 11.5 Å². The molecule has 2 fully saturated rings. The van der Waals surface area contributed by atoms with E-state index in [1.165, 1.54) is 0 Å². The minimum absolute atomic E-state index is 0.0324. The van der Waals surface area contributed by atoms with Crippen LogP contribution in [0.3, 0.4) is 0 Å². The smallest absolute Gasteiger partial charge is 0.292 e. The first-order valence-corrected chi connectivity index (χ1v) is 6.40. The number of rotatable bonds is 2. The van der Waals surface area contributed by atoms with Gasteiger partial charge in [-0.3, -0.25) is 15.1 Å². The van der Waals surface area contributed by atoms with Crippen molar-refractivity contribution in [2.24, 2.45) is 5.92 Å². The maximum Gasteiger partial charge on any atom is 0.292 e. The zero-order valence-corrected chi connectivity index (χ0v) is 9.84. The molecule has 2 aliphatic rings. The Morgan fingerprint density at radius 1 is 1.67 bits per heavy atom. The summed E-state index contributed by atoms with van der Waals surface area (Å²) in [5, 5.41) is 7.65. The number of carbonyl (C=O) groups is 1. The minimum Gasteiger partial charge on any atom is -0.459 e. The third-order valence-corrected chi connectivity index (χ3v) is 3.81. The van der Waals surface area contributed by atoms with E-state index in [0.717, 1.165) is 11.5 Å². The fourth-order valence-electron chi connectivity index (χ4n) is 1.97. The predicted octanol–water partition coefficient (Wildman–Crippen LogP) is 1.31. The lowest BCUT2D eigenvalue weighted by molar-refractivity contribution is -0.129. The zero-order chi connectivity index (χ0) is 11.0. The molecule has 0 bridgehead atoms. The van der Waals surface area contributed by atoms with Gasteiger partial charge in [-0.1, -0.05) is 13.8 Å². The van der Waals surface area contributed by atoms with Gasteiger partial charge in [-0.15, -0.1) is 0 Å². The fraction of sp³-hybridized carbons (Fsp3) is 0.800. The highest BCUT2D eigenvalue weighted by Crippen LogP contribution is 2.31. The van der Waals surface area contributed by atoms with Gasteiger partial charge in [0, 0.05) is 17.9 Å². The lowest BCUT2D eigenvalue weighted by Gasteiger charge is -2.20. The number of amidine groups is 1. The number of hydrogen-bond donors (Lipinski definition) is 1. The SMILES string of the molecule is CC(C)CC(=O)N1C(=N)OC2CSCC21. The Hall–Kier alpha value is -0.710. The number of nitrogens with zero attached hydrogens (tertiary/aromatic N) is 1. The number of ether oxygens (including phenoxy) is 1. The Bertz CT molecular complexity index is 293. The Kier molecular flexibility index (Phi) is 2.91. The van der Waals surface area contributed by atoms with Crippen molar-refractivity contribution in [3.8, 4) is 0 Å². The summed E-state index contributed by atoms with van der Waals surface area (Å²) in [5.41, 5.74) is 0. The van der Waals surface area contributed by atoms with E-state index in [1.54, 1.807) is 16.7 Å². The van der Waals surface area contributed by atoms with Gasteiger partial charge in [0.1, 0.15) is 6.10 Å². The molecule has 2 rings (SSSR count). The molecule has 4 nitrogen and oxygen atoms in total. The molecule has 0 aromatic heterocycles. The van der Waals surface area contributed by atoms with Crippen LogP contribution in [0, 0.1) is 11.3 Å². The van der Waals surface area contributed by atoms with E-state index in [2.05, 4.69) is 0 Å². The van der Waals surface area contributed by atoms with Crippen molar-refractivity contribution in [3.05, 3.63) is 0 Å². The molecule has 2 aliphatic heterocycles. The summed E-state index contributed by atoms with van der Waals surface area (Å²) >= 11 is 1.79. The molecular weight excluding hydrogens is 212 g/mol. The minimum atomic E-state index is 0.0324. The maximum atomic E-state index is 11.9. The molecule has 15 heavy (non-hydrogen) atoms. The van der Waals surface area contributed by atoms with Crippen LogP contribution in [-0.2, 0) is 9.53 Å². The summed E-state index contributed by atoms with van der Waals surface area (Å²) in [6.45, 7) is 4.03. The number of thioether (sulfide) groups is 1. The molecular formula is C10H16N2O2S. The Balaban J connectivity index is 2.07. The molecule has 0 aromatic rings. The third kappa shape index (κ3) is 1.97. The highest BCUT2D eigenvalue weighted by molar-refractivity contribution is 7.99. The van der Waals surface area contributed by atoms with Gasteiger partial charge in [-0.2, -0.15) is 11.8 Å². The van der Waals surface area contributed by atoms with Gasteiger partial charge < -0.3 is 4.74 Å². The molecule has 2 saturated heterocycles. The molecule has 1 amide bonds. The zero-order valence-electron chi connectivity index (χ0n) is 9.03. The number of amides is 1. The van der Waals surface area contributed by atoms with Gasteiger partial charge >= 0.3 is 0 Å². The van der Waals surface area contributed by atoms with Gasteiger partial charge in [0.25, 0.3) is 6.02 Å². The average molecular weight is 228 g/mol. The second kappa shape index (κ2) is 4.04. The van der Waals surface area contributed by atoms with E-state index in [-0.39, 0.29) is 24.1 Å². The van der Waals surface area contributed by atoms with Crippen LogP contribution in [0.2, 0.25) is 0 Å². The van der Waals surface area contributed by atoms with Crippen LogP contribution in [0.1, 0.15) is 20.3 Å². The molecule has 0 aliphatic carbocycles. The number of hydrogen-bond acceptors (Lipinski definition) is 4. The standard InChI is InChI=1S/C10H16N2O2S/c1-6(2)3-9(13)12-7-4-15-5-8(7)14-10(12)11/h6-8,11H,3-5H2,1-2H3. The highest BCUT2D eigenvalue weighted by atomic mass is 32.2. The van der Waals surface area contributed by atoms with E-state index in [0.29, 0.717) is 12.3 Å². The summed E-state index contributed by atoms with van der Waals surface area (Å²) in [4.78, 5) is 13.5. The molecule has 2 unspecified atom stereocenters. The molecule has 0 radical (unpaired) electrons. The molecule has 5 heteroatoms.